The van der Waals surface area contributed by atoms with E-state index in [0.29, 0.717) is 0 Å². The van der Waals surface area contributed by atoms with Gasteiger partial charge >= 0.3 is 5.97 Å². The van der Waals surface area contributed by atoms with E-state index in [1.807, 2.05) is 0 Å². The van der Waals surface area contributed by atoms with Crippen LogP contribution < -0.4 is 5.56 Å². The van der Waals surface area contributed by atoms with Gasteiger partial charge < -0.3 is 5.11 Å². The third kappa shape index (κ3) is 1.40. The zero-order valence-corrected chi connectivity index (χ0v) is 7.91. The van der Waals surface area contributed by atoms with Gasteiger partial charge in [0.15, 0.2) is 0 Å². The molecule has 0 saturated heterocycles. The molecule has 0 fully saturated rings. The van der Waals surface area contributed by atoms with E-state index in [9.17, 15) is 9.59 Å². The fourth-order valence-electron chi connectivity index (χ4n) is 1.28. The minimum absolute atomic E-state index is 0.0385. The minimum atomic E-state index is -1.10. The Bertz CT molecular complexity index is 682. The predicted octanol–water partition coefficient (Wildman–Crippen LogP) is 0.264. The van der Waals surface area contributed by atoms with E-state index in [0.717, 1.165) is 10.6 Å². The Kier molecular flexibility index (Phi) is 2.14. The van der Waals surface area contributed by atoms with Crippen molar-refractivity contribution in [1.29, 1.82) is 5.26 Å². The van der Waals surface area contributed by atoms with Gasteiger partial charge in [0.1, 0.15) is 17.3 Å². The molecule has 2 rings (SSSR count). The van der Waals surface area contributed by atoms with Gasteiger partial charge in [-0.05, 0) is 12.1 Å². The third-order valence-corrected chi connectivity index (χ3v) is 2.08. The number of fused-ring (bicyclic) bond motifs is 1. The molecule has 0 aliphatic heterocycles. The van der Waals surface area contributed by atoms with Gasteiger partial charge in [-0.2, -0.15) is 5.26 Å². The van der Waals surface area contributed by atoms with Gasteiger partial charge in [0.05, 0.1) is 11.8 Å². The molecular formula is C10H5N3O3. The average molecular weight is 215 g/mol. The van der Waals surface area contributed by atoms with Crippen LogP contribution in [0.15, 0.2) is 29.3 Å². The number of nitriles is 1. The van der Waals surface area contributed by atoms with Crippen LogP contribution in [0.3, 0.4) is 0 Å². The van der Waals surface area contributed by atoms with Crippen molar-refractivity contribution >= 4 is 11.6 Å². The lowest BCUT2D eigenvalue weighted by Crippen LogP contribution is -2.18. The monoisotopic (exact) mass is 215 g/mol. The first-order valence-electron chi connectivity index (χ1n) is 4.28. The lowest BCUT2D eigenvalue weighted by molar-refractivity contribution is 0.0697. The highest BCUT2D eigenvalue weighted by molar-refractivity contribution is 5.88. The van der Waals surface area contributed by atoms with Crippen LogP contribution in [0.1, 0.15) is 15.9 Å². The molecule has 0 saturated carbocycles. The van der Waals surface area contributed by atoms with Crippen LogP contribution >= 0.6 is 0 Å². The Morgan fingerprint density at radius 2 is 2.31 bits per heavy atom. The first kappa shape index (κ1) is 9.86. The molecule has 0 aliphatic carbocycles. The Hall–Kier alpha value is -2.68. The van der Waals surface area contributed by atoms with Crippen molar-refractivity contribution in [2.75, 3.05) is 0 Å². The highest BCUT2D eigenvalue weighted by Crippen LogP contribution is 2.03. The molecule has 0 spiro atoms. The second kappa shape index (κ2) is 3.47. The standard InChI is InChI=1S/C10H5N3O3/c11-4-7-5-12-8-3-6(10(15)16)1-2-13(8)9(7)14/h1-3,5H,(H,15,16). The van der Waals surface area contributed by atoms with Crippen molar-refractivity contribution in [3.8, 4) is 6.07 Å². The molecule has 0 amide bonds. The maximum Gasteiger partial charge on any atom is 0.335 e. The van der Waals surface area contributed by atoms with Crippen molar-refractivity contribution in [3.05, 3.63) is 46.0 Å². The molecule has 1 N–H and O–H groups in total. The normalized spacial score (nSPS) is 9.94. The highest BCUT2D eigenvalue weighted by atomic mass is 16.4. The van der Waals surface area contributed by atoms with Gasteiger partial charge in [-0.25, -0.2) is 9.78 Å². The summed E-state index contributed by atoms with van der Waals surface area (Å²) in [5.74, 6) is -1.10. The predicted molar refractivity (Wildman–Crippen MR) is 53.1 cm³/mol. The lowest BCUT2D eigenvalue weighted by Gasteiger charge is -2.00. The molecular weight excluding hydrogens is 210 g/mol. The summed E-state index contributed by atoms with van der Waals surface area (Å²) >= 11 is 0. The maximum absolute atomic E-state index is 11.6. The Balaban J connectivity index is 2.81. The summed E-state index contributed by atoms with van der Waals surface area (Å²) < 4.78 is 1.13. The Labute approximate surface area is 89.0 Å². The Morgan fingerprint density at radius 1 is 1.56 bits per heavy atom. The first-order chi connectivity index (χ1) is 7.63. The summed E-state index contributed by atoms with van der Waals surface area (Å²) in [5.41, 5.74) is -0.356. The highest BCUT2D eigenvalue weighted by Gasteiger charge is 2.07. The van der Waals surface area contributed by atoms with Gasteiger partial charge in [-0.1, -0.05) is 0 Å². The van der Waals surface area contributed by atoms with Crippen LogP contribution in [0.25, 0.3) is 5.65 Å². The van der Waals surface area contributed by atoms with Gasteiger partial charge in [0.2, 0.25) is 0 Å². The summed E-state index contributed by atoms with van der Waals surface area (Å²) in [6.07, 6.45) is 2.41. The summed E-state index contributed by atoms with van der Waals surface area (Å²) in [5, 5.41) is 17.4. The molecule has 16 heavy (non-hydrogen) atoms. The van der Waals surface area contributed by atoms with Crippen LogP contribution in [0.4, 0.5) is 0 Å². The van der Waals surface area contributed by atoms with Crippen LogP contribution in [0.5, 0.6) is 0 Å². The first-order valence-corrected chi connectivity index (χ1v) is 4.28. The number of hydrogen-bond acceptors (Lipinski definition) is 4. The van der Waals surface area contributed by atoms with Crippen molar-refractivity contribution in [2.24, 2.45) is 0 Å². The summed E-state index contributed by atoms with van der Waals surface area (Å²) in [6.45, 7) is 0. The van der Waals surface area contributed by atoms with E-state index in [1.54, 1.807) is 6.07 Å². The topological polar surface area (TPSA) is 95.5 Å². The number of carbonyl (C=O) groups is 1. The fraction of sp³-hybridized carbons (Fsp3) is 0. The quantitative estimate of drug-likeness (QED) is 0.736. The van der Waals surface area contributed by atoms with Gasteiger partial charge in [0, 0.05) is 6.20 Å². The van der Waals surface area contributed by atoms with E-state index in [1.165, 1.54) is 18.3 Å². The van der Waals surface area contributed by atoms with Crippen molar-refractivity contribution < 1.29 is 9.90 Å². The molecule has 0 unspecified atom stereocenters. The molecule has 0 atom stereocenters. The van der Waals surface area contributed by atoms with Gasteiger partial charge in [0.25, 0.3) is 5.56 Å². The maximum atomic E-state index is 11.6. The van der Waals surface area contributed by atoms with Crippen LogP contribution in [0.2, 0.25) is 0 Å². The number of nitrogens with zero attached hydrogens (tertiary/aromatic N) is 3. The number of carboxylic acid groups (broad SMARTS) is 1. The van der Waals surface area contributed by atoms with Crippen LogP contribution in [-0.4, -0.2) is 20.5 Å². The molecule has 2 aromatic rings. The second-order valence-electron chi connectivity index (χ2n) is 3.04. The number of carboxylic acids is 1. The molecule has 6 heteroatoms. The molecule has 78 valence electrons. The molecule has 2 heterocycles. The van der Waals surface area contributed by atoms with E-state index >= 15 is 0 Å². The van der Waals surface area contributed by atoms with Gasteiger partial charge in [-0.15, -0.1) is 0 Å². The van der Waals surface area contributed by atoms with Crippen molar-refractivity contribution in [1.82, 2.24) is 9.38 Å². The molecule has 0 radical (unpaired) electrons. The summed E-state index contributed by atoms with van der Waals surface area (Å²) in [7, 11) is 0. The van der Waals surface area contributed by atoms with Crippen molar-refractivity contribution in [2.45, 2.75) is 0 Å². The average Bonchev–Trinajstić information content (AvgIpc) is 2.29. The van der Waals surface area contributed by atoms with Crippen LogP contribution in [-0.2, 0) is 0 Å². The van der Waals surface area contributed by atoms with E-state index in [4.69, 9.17) is 10.4 Å². The van der Waals surface area contributed by atoms with Crippen molar-refractivity contribution in [3.63, 3.8) is 0 Å². The number of aromatic carboxylic acids is 1. The SMILES string of the molecule is N#Cc1cnc2cc(C(=O)O)ccn2c1=O. The third-order valence-electron chi connectivity index (χ3n) is 2.08. The smallest absolute Gasteiger partial charge is 0.335 e. The summed E-state index contributed by atoms with van der Waals surface area (Å²) in [4.78, 5) is 26.1. The summed E-state index contributed by atoms with van der Waals surface area (Å²) in [6, 6.07) is 4.26. The second-order valence-corrected chi connectivity index (χ2v) is 3.04. The van der Waals surface area contributed by atoms with E-state index in [-0.39, 0.29) is 16.8 Å². The number of hydrogen-bond donors (Lipinski definition) is 1. The molecule has 0 aliphatic rings. The van der Waals surface area contributed by atoms with Gasteiger partial charge in [-0.3, -0.25) is 9.20 Å². The lowest BCUT2D eigenvalue weighted by atomic mass is 10.2. The number of pyridine rings is 1. The molecule has 0 aromatic carbocycles. The molecule has 6 nitrogen and oxygen atoms in total. The minimum Gasteiger partial charge on any atom is -0.478 e. The van der Waals surface area contributed by atoms with E-state index in [2.05, 4.69) is 4.98 Å². The van der Waals surface area contributed by atoms with Crippen LogP contribution in [0, 0.1) is 11.3 Å². The number of aromatic nitrogens is 2. The fourth-order valence-corrected chi connectivity index (χ4v) is 1.28. The molecule has 2 aromatic heterocycles. The Morgan fingerprint density at radius 3 is 2.94 bits per heavy atom. The zero-order chi connectivity index (χ0) is 11.7. The largest absolute Gasteiger partial charge is 0.478 e. The molecule has 0 bridgehead atoms. The number of rotatable bonds is 1. The zero-order valence-electron chi connectivity index (χ0n) is 7.91. The van der Waals surface area contributed by atoms with E-state index < -0.39 is 11.5 Å².